The minimum absolute atomic E-state index is 0.611. The van der Waals surface area contributed by atoms with Crippen molar-refractivity contribution in [1.82, 2.24) is 0 Å². The van der Waals surface area contributed by atoms with Crippen LogP contribution in [0.1, 0.15) is 33.4 Å². The first-order valence-electron chi connectivity index (χ1n) is 9.88. The van der Waals surface area contributed by atoms with Crippen LogP contribution < -0.4 is 5.46 Å². The lowest BCUT2D eigenvalue weighted by molar-refractivity contribution is 0.793. The van der Waals surface area contributed by atoms with Crippen molar-refractivity contribution in [2.24, 2.45) is 0 Å². The highest BCUT2D eigenvalue weighted by Gasteiger charge is 2.52. The molecule has 2 aliphatic carbocycles. The van der Waals surface area contributed by atoms with Crippen LogP contribution in [0.3, 0.4) is 0 Å². The zero-order valence-corrected chi connectivity index (χ0v) is 17.9. The van der Waals surface area contributed by atoms with Gasteiger partial charge in [-0.15, -0.1) is 0 Å². The van der Waals surface area contributed by atoms with E-state index in [1.165, 1.54) is 0 Å². The van der Waals surface area contributed by atoms with Gasteiger partial charge in [0, 0.05) is 4.47 Å². The fourth-order valence-electron chi connectivity index (χ4n) is 5.36. The summed E-state index contributed by atoms with van der Waals surface area (Å²) in [5.74, 6) is 0. The summed E-state index contributed by atoms with van der Waals surface area (Å²) in [6.45, 7) is 0. The maximum atomic E-state index is 9.66. The first-order chi connectivity index (χ1) is 15.1. The van der Waals surface area contributed by atoms with Crippen molar-refractivity contribution < 1.29 is 0 Å². The molecule has 2 radical (unpaired) electrons. The Morgan fingerprint density at radius 2 is 1.06 bits per heavy atom. The molecule has 4 aromatic rings. The molecule has 0 N–H and O–H groups in total. The Morgan fingerprint density at radius 3 is 1.61 bits per heavy atom. The average molecular weight is 455 g/mol. The van der Waals surface area contributed by atoms with E-state index in [0.717, 1.165) is 49.0 Å². The van der Waals surface area contributed by atoms with Crippen LogP contribution in [0.2, 0.25) is 0 Å². The smallest absolute Gasteiger partial charge is 0.113 e. The molecule has 31 heavy (non-hydrogen) atoms. The van der Waals surface area contributed by atoms with Gasteiger partial charge in [0.15, 0.2) is 0 Å². The molecule has 0 saturated heterocycles. The molecule has 6 rings (SSSR count). The Morgan fingerprint density at radius 1 is 0.613 bits per heavy atom. The van der Waals surface area contributed by atoms with Gasteiger partial charge in [-0.25, -0.2) is 0 Å². The predicted octanol–water partition coefficient (Wildman–Crippen LogP) is 5.33. The summed E-state index contributed by atoms with van der Waals surface area (Å²) >= 11 is 3.66. The third-order valence-electron chi connectivity index (χ3n) is 6.52. The third kappa shape index (κ3) is 2.21. The number of benzene rings is 4. The maximum absolute atomic E-state index is 9.66. The standard InChI is InChI=1S/C27H12BBrN2/c28-17-3-7-21-22-8-4-18(29)12-26(22)27(25(21)11-17)23-9-15(13-30)1-5-19(23)20-6-2-16(14-31)10-24(20)27/h1-12H. The molecule has 0 aromatic heterocycles. The van der Waals surface area contributed by atoms with Crippen molar-refractivity contribution >= 4 is 29.2 Å². The molecule has 0 atom stereocenters. The van der Waals surface area contributed by atoms with Crippen LogP contribution in [0.15, 0.2) is 77.3 Å². The van der Waals surface area contributed by atoms with Gasteiger partial charge in [0.05, 0.1) is 28.7 Å². The van der Waals surface area contributed by atoms with E-state index in [1.807, 2.05) is 54.6 Å². The Labute approximate surface area is 189 Å². The second-order valence-electron chi connectivity index (χ2n) is 7.99. The predicted molar refractivity (Wildman–Crippen MR) is 125 cm³/mol. The fraction of sp³-hybridized carbons (Fsp3) is 0.0370. The largest absolute Gasteiger partial charge is 0.192 e. The molecule has 4 aromatic carbocycles. The monoisotopic (exact) mass is 454 g/mol. The van der Waals surface area contributed by atoms with Gasteiger partial charge >= 0.3 is 0 Å². The number of rotatable bonds is 0. The maximum Gasteiger partial charge on any atom is 0.113 e. The van der Waals surface area contributed by atoms with E-state index in [0.29, 0.717) is 16.6 Å². The van der Waals surface area contributed by atoms with Crippen LogP contribution in [0.4, 0.5) is 0 Å². The molecule has 0 fully saturated rings. The van der Waals surface area contributed by atoms with Crippen LogP contribution in [0.5, 0.6) is 0 Å². The van der Waals surface area contributed by atoms with Gasteiger partial charge in [-0.1, -0.05) is 57.8 Å². The summed E-state index contributed by atoms with van der Waals surface area (Å²) < 4.78 is 0.981. The number of hydrogen-bond acceptors (Lipinski definition) is 2. The Hall–Kier alpha value is -3.60. The van der Waals surface area contributed by atoms with Crippen molar-refractivity contribution in [1.29, 1.82) is 10.5 Å². The van der Waals surface area contributed by atoms with Crippen LogP contribution in [0.25, 0.3) is 22.3 Å². The van der Waals surface area contributed by atoms with E-state index in [2.05, 4.69) is 46.3 Å². The lowest BCUT2D eigenvalue weighted by Gasteiger charge is -2.31. The van der Waals surface area contributed by atoms with Gasteiger partial charge in [0.1, 0.15) is 7.85 Å². The number of hydrogen-bond donors (Lipinski definition) is 0. The molecule has 0 amide bonds. The molecular formula is C27H12BBrN2. The quantitative estimate of drug-likeness (QED) is 0.291. The number of nitriles is 2. The van der Waals surface area contributed by atoms with Crippen LogP contribution >= 0.6 is 15.9 Å². The van der Waals surface area contributed by atoms with Crippen molar-refractivity contribution in [2.75, 3.05) is 0 Å². The second kappa shape index (κ2) is 6.21. The van der Waals surface area contributed by atoms with Gasteiger partial charge in [-0.3, -0.25) is 0 Å². The molecule has 2 aliphatic rings. The molecule has 0 saturated carbocycles. The summed E-state index contributed by atoms with van der Waals surface area (Å²) in [5, 5.41) is 19.3. The van der Waals surface area contributed by atoms with Crippen LogP contribution in [-0.4, -0.2) is 7.85 Å². The highest BCUT2D eigenvalue weighted by atomic mass is 79.9. The zero-order valence-electron chi connectivity index (χ0n) is 16.3. The molecule has 4 heteroatoms. The van der Waals surface area contributed by atoms with E-state index in [4.69, 9.17) is 7.85 Å². The topological polar surface area (TPSA) is 47.6 Å². The SMILES string of the molecule is [B]c1ccc2c(c1)C1(c3cc(Br)ccc3-2)c2cc(C#N)ccc2-c2ccc(C#N)cc21. The molecule has 0 aliphatic heterocycles. The number of halogens is 1. The van der Waals surface area contributed by atoms with E-state index < -0.39 is 5.41 Å². The molecule has 2 nitrogen and oxygen atoms in total. The van der Waals surface area contributed by atoms with Gasteiger partial charge in [-0.2, -0.15) is 10.5 Å². The number of fused-ring (bicyclic) bond motifs is 10. The first kappa shape index (κ1) is 18.2. The second-order valence-corrected chi connectivity index (χ2v) is 8.90. The van der Waals surface area contributed by atoms with E-state index in [1.54, 1.807) is 0 Å². The summed E-state index contributed by atoms with van der Waals surface area (Å²) in [5.41, 5.74) is 10.0. The van der Waals surface area contributed by atoms with Gasteiger partial charge in [0.2, 0.25) is 0 Å². The van der Waals surface area contributed by atoms with E-state index in [9.17, 15) is 10.5 Å². The molecule has 140 valence electrons. The van der Waals surface area contributed by atoms with E-state index in [-0.39, 0.29) is 0 Å². The molecular weight excluding hydrogens is 443 g/mol. The Bertz CT molecular complexity index is 1420. The van der Waals surface area contributed by atoms with E-state index >= 15 is 0 Å². The van der Waals surface area contributed by atoms with Gasteiger partial charge in [0.25, 0.3) is 0 Å². The molecule has 0 bridgehead atoms. The normalized spacial score (nSPS) is 13.6. The highest BCUT2D eigenvalue weighted by Crippen LogP contribution is 2.63. The molecule has 0 heterocycles. The minimum Gasteiger partial charge on any atom is -0.192 e. The van der Waals surface area contributed by atoms with Gasteiger partial charge < -0.3 is 0 Å². The number of nitrogens with zero attached hydrogens (tertiary/aromatic N) is 2. The van der Waals surface area contributed by atoms with Gasteiger partial charge in [-0.05, 0) is 80.9 Å². The Kier molecular flexibility index (Phi) is 3.64. The fourth-order valence-corrected chi connectivity index (χ4v) is 5.72. The zero-order chi connectivity index (χ0) is 21.3. The summed E-state index contributed by atoms with van der Waals surface area (Å²) in [6, 6.07) is 28.7. The minimum atomic E-state index is -0.631. The van der Waals surface area contributed by atoms with Crippen molar-refractivity contribution in [3.63, 3.8) is 0 Å². The van der Waals surface area contributed by atoms with Crippen molar-refractivity contribution in [3.05, 3.63) is 111 Å². The average Bonchev–Trinajstić information content (AvgIpc) is 3.24. The first-order valence-corrected chi connectivity index (χ1v) is 10.7. The lowest BCUT2D eigenvalue weighted by atomic mass is 9.69. The lowest BCUT2D eigenvalue weighted by Crippen LogP contribution is -2.27. The van der Waals surface area contributed by atoms with Crippen LogP contribution in [0, 0.1) is 22.7 Å². The highest BCUT2D eigenvalue weighted by molar-refractivity contribution is 9.10. The summed E-state index contributed by atoms with van der Waals surface area (Å²) in [7, 11) is 6.28. The molecule has 1 spiro atoms. The Balaban J connectivity index is 1.88. The van der Waals surface area contributed by atoms with Crippen LogP contribution in [-0.2, 0) is 5.41 Å². The van der Waals surface area contributed by atoms with Crippen molar-refractivity contribution in [2.45, 2.75) is 5.41 Å². The third-order valence-corrected chi connectivity index (χ3v) is 7.01. The van der Waals surface area contributed by atoms with Crippen molar-refractivity contribution in [3.8, 4) is 34.4 Å². The molecule has 0 unspecified atom stereocenters. The summed E-state index contributed by atoms with van der Waals surface area (Å²) in [6.07, 6.45) is 0. The summed E-state index contributed by atoms with van der Waals surface area (Å²) in [4.78, 5) is 0.